The molecule has 1 fully saturated rings. The van der Waals surface area contributed by atoms with E-state index in [9.17, 15) is 5.11 Å². The minimum absolute atomic E-state index is 0.238. The highest BCUT2D eigenvalue weighted by Gasteiger charge is 2.24. The number of β-amino-alcohol motifs (C(OH)–C–C–N with tert-alkyl or cyclic N) is 1. The Bertz CT molecular complexity index is 1390. The Hall–Kier alpha value is -3.65. The Balaban J connectivity index is 1.27. The zero-order valence-corrected chi connectivity index (χ0v) is 23.7. The monoisotopic (exact) mass is 558 g/mol. The molecule has 0 amide bonds. The van der Waals surface area contributed by atoms with Gasteiger partial charge in [-0.1, -0.05) is 54.1 Å². The summed E-state index contributed by atoms with van der Waals surface area (Å²) in [5.41, 5.74) is 4.21. The van der Waals surface area contributed by atoms with E-state index >= 15 is 0 Å². The van der Waals surface area contributed by atoms with Gasteiger partial charge in [0.05, 0.1) is 7.11 Å². The zero-order chi connectivity index (χ0) is 27.9. The minimum Gasteiger partial charge on any atom is -0.497 e. The van der Waals surface area contributed by atoms with E-state index in [0.717, 1.165) is 71.0 Å². The number of rotatable bonds is 10. The van der Waals surface area contributed by atoms with Crippen LogP contribution in [0.15, 0.2) is 78.9 Å². The number of aliphatic hydroxyl groups is 1. The number of benzene rings is 3. The van der Waals surface area contributed by atoms with Gasteiger partial charge in [0, 0.05) is 61.0 Å². The molecule has 7 nitrogen and oxygen atoms in total. The Morgan fingerprint density at radius 2 is 1.62 bits per heavy atom. The second-order valence-electron chi connectivity index (χ2n) is 10.0. The van der Waals surface area contributed by atoms with E-state index in [-0.39, 0.29) is 6.61 Å². The van der Waals surface area contributed by atoms with Gasteiger partial charge in [0.1, 0.15) is 30.0 Å². The molecule has 0 bridgehead atoms. The molecule has 4 aromatic rings. The van der Waals surface area contributed by atoms with Crippen LogP contribution in [0.5, 0.6) is 11.5 Å². The van der Waals surface area contributed by atoms with Crippen LogP contribution in [0.4, 0.5) is 5.82 Å². The Morgan fingerprint density at radius 1 is 0.900 bits per heavy atom. The van der Waals surface area contributed by atoms with E-state index in [1.807, 2.05) is 72.8 Å². The van der Waals surface area contributed by atoms with Crippen LogP contribution in [0.25, 0.3) is 11.4 Å². The molecule has 2 heterocycles. The molecule has 0 unspecified atom stereocenters. The van der Waals surface area contributed by atoms with Crippen LogP contribution in [0, 0.1) is 6.92 Å². The van der Waals surface area contributed by atoms with Gasteiger partial charge < -0.3 is 19.5 Å². The molecule has 208 valence electrons. The third-order valence-corrected chi connectivity index (χ3v) is 7.37. The first kappa shape index (κ1) is 27.9. The largest absolute Gasteiger partial charge is 0.497 e. The summed E-state index contributed by atoms with van der Waals surface area (Å²) in [6, 6.07) is 25.5. The van der Waals surface area contributed by atoms with E-state index in [4.69, 9.17) is 31.0 Å². The highest BCUT2D eigenvalue weighted by molar-refractivity contribution is 6.30. The molecule has 5 rings (SSSR count). The fraction of sp³-hybridized carbons (Fsp3) is 0.312. The second-order valence-corrected chi connectivity index (χ2v) is 10.5. The molecular formula is C32H35ClN4O3. The molecule has 1 atom stereocenters. The van der Waals surface area contributed by atoms with Crippen molar-refractivity contribution in [1.29, 1.82) is 0 Å². The van der Waals surface area contributed by atoms with Crippen LogP contribution in [-0.4, -0.2) is 72.5 Å². The number of aromatic nitrogens is 2. The van der Waals surface area contributed by atoms with Crippen molar-refractivity contribution in [3.63, 3.8) is 0 Å². The summed E-state index contributed by atoms with van der Waals surface area (Å²) in [7, 11) is 1.63. The number of methoxy groups -OCH3 is 1. The van der Waals surface area contributed by atoms with Crippen molar-refractivity contribution in [3.05, 3.63) is 101 Å². The number of ether oxygens (including phenoxy) is 2. The quantitative estimate of drug-likeness (QED) is 0.284. The predicted octanol–water partition coefficient (Wildman–Crippen LogP) is 5.27. The van der Waals surface area contributed by atoms with Crippen molar-refractivity contribution >= 4 is 17.4 Å². The van der Waals surface area contributed by atoms with E-state index in [1.54, 1.807) is 7.11 Å². The van der Waals surface area contributed by atoms with Gasteiger partial charge in [-0.15, -0.1) is 0 Å². The van der Waals surface area contributed by atoms with E-state index < -0.39 is 6.10 Å². The van der Waals surface area contributed by atoms with Crippen molar-refractivity contribution in [2.75, 3.05) is 51.3 Å². The molecule has 3 aromatic carbocycles. The Morgan fingerprint density at radius 3 is 2.33 bits per heavy atom. The number of aryl methyl sites for hydroxylation is 1. The highest BCUT2D eigenvalue weighted by atomic mass is 35.5. The van der Waals surface area contributed by atoms with Crippen molar-refractivity contribution in [2.24, 2.45) is 0 Å². The summed E-state index contributed by atoms with van der Waals surface area (Å²) >= 11 is 6.29. The van der Waals surface area contributed by atoms with E-state index in [1.165, 1.54) is 0 Å². The summed E-state index contributed by atoms with van der Waals surface area (Å²) in [5.74, 6) is 3.19. The molecule has 1 aromatic heterocycles. The lowest BCUT2D eigenvalue weighted by Crippen LogP contribution is -2.49. The number of anilines is 1. The van der Waals surface area contributed by atoms with Crippen LogP contribution in [0.1, 0.15) is 16.8 Å². The van der Waals surface area contributed by atoms with Crippen LogP contribution >= 0.6 is 11.6 Å². The lowest BCUT2D eigenvalue weighted by Gasteiger charge is -2.37. The predicted molar refractivity (Wildman–Crippen MR) is 160 cm³/mol. The average Bonchev–Trinajstić information content (AvgIpc) is 2.98. The summed E-state index contributed by atoms with van der Waals surface area (Å²) in [5, 5.41) is 11.4. The first-order valence-electron chi connectivity index (χ1n) is 13.6. The van der Waals surface area contributed by atoms with Gasteiger partial charge >= 0.3 is 0 Å². The van der Waals surface area contributed by atoms with Gasteiger partial charge in [0.25, 0.3) is 0 Å². The highest BCUT2D eigenvalue weighted by Crippen LogP contribution is 2.29. The summed E-state index contributed by atoms with van der Waals surface area (Å²) in [6.45, 7) is 6.10. The summed E-state index contributed by atoms with van der Waals surface area (Å²) < 4.78 is 11.0. The third kappa shape index (κ3) is 7.10. The number of piperazine rings is 1. The molecule has 0 saturated carbocycles. The number of nitrogens with zero attached hydrogens (tertiary/aromatic N) is 4. The summed E-state index contributed by atoms with van der Waals surface area (Å²) in [6.07, 6.45) is 0.122. The second kappa shape index (κ2) is 13.1. The first-order valence-corrected chi connectivity index (χ1v) is 14.0. The first-order chi connectivity index (χ1) is 19.5. The molecule has 1 N–H and O–H groups in total. The van der Waals surface area contributed by atoms with Crippen LogP contribution in [0.3, 0.4) is 0 Å². The third-order valence-electron chi connectivity index (χ3n) is 7.14. The van der Waals surface area contributed by atoms with Gasteiger partial charge in [-0.2, -0.15) is 0 Å². The maximum Gasteiger partial charge on any atom is 0.161 e. The van der Waals surface area contributed by atoms with Crippen LogP contribution in [-0.2, 0) is 6.42 Å². The number of aliphatic hydroxyl groups excluding tert-OH is 1. The van der Waals surface area contributed by atoms with Crippen molar-refractivity contribution < 1.29 is 14.6 Å². The van der Waals surface area contributed by atoms with Gasteiger partial charge in [-0.05, 0) is 48.9 Å². The Kier molecular flexibility index (Phi) is 9.16. The molecule has 8 heteroatoms. The lowest BCUT2D eigenvalue weighted by molar-refractivity contribution is 0.0662. The maximum absolute atomic E-state index is 10.6. The standard InChI is InChI=1S/C32H35ClN4O3/c1-23-30(20-24-7-6-10-26(33)19-24)32(35-31(34-23)25-8-4-3-5-9-25)37-17-15-36(16-18-37)21-27(38)22-40-29-13-11-28(39-2)12-14-29/h3-14,19,27,38H,15-18,20-22H2,1-2H3/t27-/m1/s1. The molecule has 1 aliphatic rings. The maximum atomic E-state index is 10.6. The minimum atomic E-state index is -0.585. The Labute approximate surface area is 241 Å². The summed E-state index contributed by atoms with van der Waals surface area (Å²) in [4.78, 5) is 14.6. The van der Waals surface area contributed by atoms with Crippen LogP contribution < -0.4 is 14.4 Å². The zero-order valence-electron chi connectivity index (χ0n) is 23.0. The molecule has 1 aliphatic heterocycles. The smallest absolute Gasteiger partial charge is 0.161 e. The lowest BCUT2D eigenvalue weighted by atomic mass is 10.0. The van der Waals surface area contributed by atoms with Crippen molar-refractivity contribution in [2.45, 2.75) is 19.4 Å². The number of hydrogen-bond donors (Lipinski definition) is 1. The van der Waals surface area contributed by atoms with E-state index in [0.29, 0.717) is 18.7 Å². The van der Waals surface area contributed by atoms with Gasteiger partial charge in [-0.3, -0.25) is 4.90 Å². The number of hydrogen-bond acceptors (Lipinski definition) is 7. The number of halogens is 1. The van der Waals surface area contributed by atoms with Crippen molar-refractivity contribution in [3.8, 4) is 22.9 Å². The van der Waals surface area contributed by atoms with E-state index in [2.05, 4.69) is 22.8 Å². The average molecular weight is 559 g/mol. The normalized spacial score (nSPS) is 14.7. The molecular weight excluding hydrogens is 524 g/mol. The van der Waals surface area contributed by atoms with Gasteiger partial charge in [0.15, 0.2) is 5.82 Å². The molecule has 1 saturated heterocycles. The molecule has 40 heavy (non-hydrogen) atoms. The molecule has 0 aliphatic carbocycles. The SMILES string of the molecule is COc1ccc(OC[C@H](O)CN2CCN(c3nc(-c4ccccc4)nc(C)c3Cc3cccc(Cl)c3)CC2)cc1. The molecule has 0 spiro atoms. The fourth-order valence-corrected chi connectivity index (χ4v) is 5.19. The molecule has 0 radical (unpaired) electrons. The van der Waals surface area contributed by atoms with Gasteiger partial charge in [0.2, 0.25) is 0 Å². The van der Waals surface area contributed by atoms with Gasteiger partial charge in [-0.25, -0.2) is 9.97 Å². The topological polar surface area (TPSA) is 71.0 Å². The fourth-order valence-electron chi connectivity index (χ4n) is 4.97. The van der Waals surface area contributed by atoms with Crippen LogP contribution in [0.2, 0.25) is 5.02 Å². The van der Waals surface area contributed by atoms with Crippen molar-refractivity contribution in [1.82, 2.24) is 14.9 Å².